The standard InChI is InChI=1S/C8H8O6/c9-7-11-3-5(13-7)1-2-6-4-12-8(10)14-6/h1-2,5-6H,3-4H2/b2-1+. The van der Waals surface area contributed by atoms with E-state index >= 15 is 0 Å². The van der Waals surface area contributed by atoms with Crippen LogP contribution in [0.25, 0.3) is 0 Å². The monoisotopic (exact) mass is 200 g/mol. The lowest BCUT2D eigenvalue weighted by atomic mass is 10.3. The average molecular weight is 200 g/mol. The Kier molecular flexibility index (Phi) is 2.26. The van der Waals surface area contributed by atoms with Crippen molar-refractivity contribution in [3.05, 3.63) is 12.2 Å². The minimum Gasteiger partial charge on any atom is -0.430 e. The Morgan fingerprint density at radius 2 is 1.36 bits per heavy atom. The molecule has 2 unspecified atom stereocenters. The minimum atomic E-state index is -0.681. The van der Waals surface area contributed by atoms with Gasteiger partial charge in [-0.2, -0.15) is 0 Å². The van der Waals surface area contributed by atoms with Gasteiger partial charge in [-0.25, -0.2) is 9.59 Å². The van der Waals surface area contributed by atoms with Crippen LogP contribution in [0.4, 0.5) is 9.59 Å². The van der Waals surface area contributed by atoms with Gasteiger partial charge in [0, 0.05) is 0 Å². The van der Waals surface area contributed by atoms with Crippen LogP contribution in [-0.2, 0) is 18.9 Å². The zero-order valence-corrected chi connectivity index (χ0v) is 7.17. The molecule has 0 amide bonds. The Balaban J connectivity index is 1.82. The van der Waals surface area contributed by atoms with Crippen LogP contribution in [0.2, 0.25) is 0 Å². The molecule has 6 nitrogen and oxygen atoms in total. The third-order valence-electron chi connectivity index (χ3n) is 1.77. The van der Waals surface area contributed by atoms with Gasteiger partial charge in [-0.15, -0.1) is 0 Å². The van der Waals surface area contributed by atoms with Crippen LogP contribution in [0.1, 0.15) is 0 Å². The van der Waals surface area contributed by atoms with Gasteiger partial charge in [0.05, 0.1) is 0 Å². The fourth-order valence-corrected chi connectivity index (χ4v) is 1.12. The second-order valence-corrected chi connectivity index (χ2v) is 2.82. The predicted molar refractivity (Wildman–Crippen MR) is 41.6 cm³/mol. The molecule has 0 bridgehead atoms. The number of hydrogen-bond donors (Lipinski definition) is 0. The van der Waals surface area contributed by atoms with Gasteiger partial charge in [0.1, 0.15) is 13.2 Å². The Bertz CT molecular complexity index is 256. The third-order valence-corrected chi connectivity index (χ3v) is 1.77. The first-order valence-corrected chi connectivity index (χ1v) is 4.09. The molecule has 0 aliphatic carbocycles. The topological polar surface area (TPSA) is 71.1 Å². The van der Waals surface area contributed by atoms with E-state index in [9.17, 15) is 9.59 Å². The highest BCUT2D eigenvalue weighted by atomic mass is 16.8. The molecule has 0 N–H and O–H groups in total. The summed E-state index contributed by atoms with van der Waals surface area (Å²) in [4.78, 5) is 21.0. The van der Waals surface area contributed by atoms with Crippen molar-refractivity contribution < 1.29 is 28.5 Å². The smallest absolute Gasteiger partial charge is 0.430 e. The highest BCUT2D eigenvalue weighted by Gasteiger charge is 2.25. The van der Waals surface area contributed by atoms with Gasteiger partial charge in [-0.05, 0) is 12.2 Å². The second kappa shape index (κ2) is 3.57. The normalized spacial score (nSPS) is 31.1. The summed E-state index contributed by atoms with van der Waals surface area (Å²) in [5.74, 6) is 0. The van der Waals surface area contributed by atoms with Crippen molar-refractivity contribution in [2.24, 2.45) is 0 Å². The summed E-state index contributed by atoms with van der Waals surface area (Å²) >= 11 is 0. The zero-order valence-electron chi connectivity index (χ0n) is 7.17. The number of hydrogen-bond acceptors (Lipinski definition) is 6. The number of rotatable bonds is 2. The molecule has 6 heteroatoms. The first-order valence-electron chi connectivity index (χ1n) is 4.09. The van der Waals surface area contributed by atoms with Crippen LogP contribution in [0.15, 0.2) is 12.2 Å². The van der Waals surface area contributed by atoms with E-state index in [1.165, 1.54) is 0 Å². The highest BCUT2D eigenvalue weighted by Crippen LogP contribution is 2.11. The first kappa shape index (κ1) is 8.86. The predicted octanol–water partition coefficient (Wildman–Crippen LogP) is 0.613. The summed E-state index contributed by atoms with van der Waals surface area (Å²) in [6.45, 7) is 0.383. The van der Waals surface area contributed by atoms with Gasteiger partial charge in [0.15, 0.2) is 12.2 Å². The molecule has 2 saturated heterocycles. The SMILES string of the molecule is O=C1OCC(/C=C/C2COC(=O)O2)O1. The van der Waals surface area contributed by atoms with Gasteiger partial charge in [0.2, 0.25) is 0 Å². The van der Waals surface area contributed by atoms with Crippen LogP contribution in [-0.4, -0.2) is 37.7 Å². The summed E-state index contributed by atoms with van der Waals surface area (Å²) in [6, 6.07) is 0. The molecule has 2 aliphatic heterocycles. The van der Waals surface area contributed by atoms with Crippen LogP contribution in [0.5, 0.6) is 0 Å². The Labute approximate surface area is 79.4 Å². The fraction of sp³-hybridized carbons (Fsp3) is 0.500. The molecule has 2 atom stereocenters. The number of cyclic esters (lactones) is 4. The molecule has 2 fully saturated rings. The Morgan fingerprint density at radius 1 is 0.929 bits per heavy atom. The van der Waals surface area contributed by atoms with Crippen molar-refractivity contribution >= 4 is 12.3 Å². The van der Waals surface area contributed by atoms with Gasteiger partial charge in [0.25, 0.3) is 0 Å². The molecule has 0 aromatic carbocycles. The maximum absolute atomic E-state index is 10.5. The number of carbonyl (C=O) groups is 2. The van der Waals surface area contributed by atoms with E-state index in [0.29, 0.717) is 0 Å². The molecular formula is C8H8O6. The van der Waals surface area contributed by atoms with Crippen molar-refractivity contribution in [3.63, 3.8) is 0 Å². The molecule has 2 aliphatic rings. The Hall–Kier alpha value is -1.72. The van der Waals surface area contributed by atoms with Crippen molar-refractivity contribution in [2.75, 3.05) is 13.2 Å². The molecule has 0 aromatic heterocycles. The average Bonchev–Trinajstić information content (AvgIpc) is 2.72. The van der Waals surface area contributed by atoms with Crippen molar-refractivity contribution in [1.82, 2.24) is 0 Å². The Morgan fingerprint density at radius 3 is 1.64 bits per heavy atom. The summed E-state index contributed by atoms with van der Waals surface area (Å²) in [5.41, 5.74) is 0. The second-order valence-electron chi connectivity index (χ2n) is 2.82. The van der Waals surface area contributed by atoms with Crippen molar-refractivity contribution in [2.45, 2.75) is 12.2 Å². The maximum atomic E-state index is 10.5. The lowest BCUT2D eigenvalue weighted by Crippen LogP contribution is -2.10. The lowest BCUT2D eigenvalue weighted by Gasteiger charge is -2.00. The maximum Gasteiger partial charge on any atom is 0.509 e. The minimum absolute atomic E-state index is 0.191. The van der Waals surface area contributed by atoms with Crippen LogP contribution >= 0.6 is 0 Å². The van der Waals surface area contributed by atoms with Gasteiger partial charge in [-0.1, -0.05) is 0 Å². The molecule has 2 heterocycles. The molecule has 0 saturated carbocycles. The third kappa shape index (κ3) is 1.95. The van der Waals surface area contributed by atoms with Gasteiger partial charge in [-0.3, -0.25) is 0 Å². The summed E-state index contributed by atoms with van der Waals surface area (Å²) in [6.07, 6.45) is 1.05. The summed E-state index contributed by atoms with van der Waals surface area (Å²) in [5, 5.41) is 0. The summed E-state index contributed by atoms with van der Waals surface area (Å²) < 4.78 is 18.5. The van der Waals surface area contributed by atoms with Crippen LogP contribution < -0.4 is 0 Å². The zero-order chi connectivity index (χ0) is 9.97. The van der Waals surface area contributed by atoms with Crippen molar-refractivity contribution in [1.29, 1.82) is 0 Å². The molecule has 0 aromatic rings. The lowest BCUT2D eigenvalue weighted by molar-refractivity contribution is 0.122. The molecule has 76 valence electrons. The molecule has 0 spiro atoms. The van der Waals surface area contributed by atoms with Crippen molar-refractivity contribution in [3.8, 4) is 0 Å². The highest BCUT2D eigenvalue weighted by molar-refractivity contribution is 5.63. The van der Waals surface area contributed by atoms with E-state index in [0.717, 1.165) is 0 Å². The van der Waals surface area contributed by atoms with E-state index in [1.807, 2.05) is 0 Å². The first-order chi connectivity index (χ1) is 6.74. The van der Waals surface area contributed by atoms with Gasteiger partial charge < -0.3 is 18.9 Å². The number of carbonyl (C=O) groups excluding carboxylic acids is 2. The number of ether oxygens (including phenoxy) is 4. The fourth-order valence-electron chi connectivity index (χ4n) is 1.12. The molecule has 0 radical (unpaired) electrons. The summed E-state index contributed by atoms with van der Waals surface area (Å²) in [7, 11) is 0. The van der Waals surface area contributed by atoms with E-state index < -0.39 is 24.5 Å². The van der Waals surface area contributed by atoms with Crippen LogP contribution in [0, 0.1) is 0 Å². The van der Waals surface area contributed by atoms with E-state index in [4.69, 9.17) is 9.47 Å². The largest absolute Gasteiger partial charge is 0.509 e. The van der Waals surface area contributed by atoms with E-state index in [-0.39, 0.29) is 13.2 Å². The van der Waals surface area contributed by atoms with Gasteiger partial charge >= 0.3 is 12.3 Å². The van der Waals surface area contributed by atoms with E-state index in [1.54, 1.807) is 12.2 Å². The van der Waals surface area contributed by atoms with E-state index in [2.05, 4.69) is 9.47 Å². The quantitative estimate of drug-likeness (QED) is 0.480. The molecule has 2 rings (SSSR count). The molecule has 14 heavy (non-hydrogen) atoms. The van der Waals surface area contributed by atoms with Crippen LogP contribution in [0.3, 0.4) is 0 Å². The molecular weight excluding hydrogens is 192 g/mol.